The Kier molecular flexibility index (Phi) is 4.94. The lowest BCUT2D eigenvalue weighted by Gasteiger charge is -2.26. The summed E-state index contributed by atoms with van der Waals surface area (Å²) in [6.45, 7) is 0.336. The van der Waals surface area contributed by atoms with Crippen LogP contribution < -0.4 is 5.32 Å². The molecule has 114 valence electrons. The maximum atomic E-state index is 12.8. The Balaban J connectivity index is 1.87. The molecule has 0 radical (unpaired) electrons. The number of hydrogen-bond donors (Lipinski definition) is 2. The molecule has 0 aliphatic heterocycles. The number of amides is 1. The van der Waals surface area contributed by atoms with Gasteiger partial charge in [0.25, 0.3) is 0 Å². The number of carboxylic acid groups (broad SMARTS) is 1. The van der Waals surface area contributed by atoms with Crippen LogP contribution in [0, 0.1) is 11.2 Å². The lowest BCUT2D eigenvalue weighted by molar-refractivity contribution is -0.140. The van der Waals surface area contributed by atoms with Gasteiger partial charge in [0.05, 0.1) is 6.42 Å². The molecule has 2 N–H and O–H groups in total. The number of hydrogen-bond acceptors (Lipinski definition) is 2. The van der Waals surface area contributed by atoms with Crippen molar-refractivity contribution in [2.45, 2.75) is 45.1 Å². The van der Waals surface area contributed by atoms with Crippen LogP contribution in [-0.4, -0.2) is 17.0 Å². The molecule has 0 saturated heterocycles. The summed E-state index contributed by atoms with van der Waals surface area (Å²) in [6, 6.07) is 5.95. The topological polar surface area (TPSA) is 66.4 Å². The van der Waals surface area contributed by atoms with Gasteiger partial charge in [-0.1, -0.05) is 25.0 Å². The van der Waals surface area contributed by atoms with Crippen LogP contribution in [0.15, 0.2) is 24.3 Å². The predicted octanol–water partition coefficient (Wildman–Crippen LogP) is 2.87. The van der Waals surface area contributed by atoms with Crippen molar-refractivity contribution in [3.8, 4) is 0 Å². The van der Waals surface area contributed by atoms with E-state index < -0.39 is 11.4 Å². The molecule has 1 aromatic carbocycles. The monoisotopic (exact) mass is 293 g/mol. The maximum absolute atomic E-state index is 12.8. The average molecular weight is 293 g/mol. The molecular formula is C16H20FNO3. The Morgan fingerprint density at radius 1 is 1.14 bits per heavy atom. The van der Waals surface area contributed by atoms with Crippen molar-refractivity contribution in [2.24, 2.45) is 5.41 Å². The molecule has 4 nitrogen and oxygen atoms in total. The van der Waals surface area contributed by atoms with Gasteiger partial charge >= 0.3 is 5.97 Å². The van der Waals surface area contributed by atoms with Crippen molar-refractivity contribution in [1.82, 2.24) is 5.32 Å². The number of carbonyl (C=O) groups is 2. The standard InChI is InChI=1S/C16H20FNO3/c17-13-5-3-12(4-6-13)11-18-14(19)9-16(10-15(20)21)7-1-2-8-16/h3-6H,1-2,7-11H2,(H,18,19)(H,20,21). The van der Waals surface area contributed by atoms with E-state index in [0.717, 1.165) is 31.2 Å². The summed E-state index contributed by atoms with van der Waals surface area (Å²) < 4.78 is 12.8. The molecule has 1 aromatic rings. The molecule has 2 rings (SSSR count). The zero-order chi connectivity index (χ0) is 15.3. The number of benzene rings is 1. The van der Waals surface area contributed by atoms with Crippen molar-refractivity contribution >= 4 is 11.9 Å². The first-order valence-corrected chi connectivity index (χ1v) is 7.22. The minimum absolute atomic E-state index is 0.0525. The fourth-order valence-electron chi connectivity index (χ4n) is 3.07. The van der Waals surface area contributed by atoms with Crippen LogP contribution in [0.5, 0.6) is 0 Å². The second kappa shape index (κ2) is 6.70. The van der Waals surface area contributed by atoms with Crippen molar-refractivity contribution in [1.29, 1.82) is 0 Å². The highest BCUT2D eigenvalue weighted by molar-refractivity contribution is 5.78. The van der Waals surface area contributed by atoms with Gasteiger partial charge in [-0.2, -0.15) is 0 Å². The fourth-order valence-corrected chi connectivity index (χ4v) is 3.07. The number of rotatable bonds is 6. The van der Waals surface area contributed by atoms with Crippen molar-refractivity contribution in [3.05, 3.63) is 35.6 Å². The van der Waals surface area contributed by atoms with E-state index in [9.17, 15) is 14.0 Å². The minimum atomic E-state index is -0.844. The van der Waals surface area contributed by atoms with Gasteiger partial charge in [0, 0.05) is 13.0 Å². The molecule has 0 heterocycles. The summed E-state index contributed by atoms with van der Waals surface area (Å²) in [4.78, 5) is 23.0. The molecule has 5 heteroatoms. The highest BCUT2D eigenvalue weighted by Gasteiger charge is 2.37. The molecular weight excluding hydrogens is 273 g/mol. The molecule has 1 aliphatic rings. The van der Waals surface area contributed by atoms with Crippen LogP contribution in [0.25, 0.3) is 0 Å². The number of carbonyl (C=O) groups excluding carboxylic acids is 1. The Hall–Kier alpha value is -1.91. The van der Waals surface area contributed by atoms with Crippen molar-refractivity contribution < 1.29 is 19.1 Å². The molecule has 0 atom stereocenters. The van der Waals surface area contributed by atoms with E-state index in [-0.39, 0.29) is 24.6 Å². The molecule has 0 unspecified atom stereocenters. The van der Waals surface area contributed by atoms with E-state index in [1.54, 1.807) is 12.1 Å². The first-order chi connectivity index (χ1) is 9.99. The molecule has 1 aliphatic carbocycles. The normalized spacial score (nSPS) is 16.6. The second-order valence-electron chi connectivity index (χ2n) is 5.86. The summed E-state index contributed by atoms with van der Waals surface area (Å²) in [5, 5.41) is 11.8. The molecule has 0 spiro atoms. The third-order valence-electron chi connectivity index (χ3n) is 4.13. The molecule has 21 heavy (non-hydrogen) atoms. The van der Waals surface area contributed by atoms with Crippen LogP contribution in [0.1, 0.15) is 44.1 Å². The van der Waals surface area contributed by atoms with Crippen LogP contribution in [-0.2, 0) is 16.1 Å². The van der Waals surface area contributed by atoms with E-state index in [2.05, 4.69) is 5.32 Å². The minimum Gasteiger partial charge on any atom is -0.481 e. The van der Waals surface area contributed by atoms with Gasteiger partial charge in [-0.05, 0) is 36.0 Å². The summed E-state index contributed by atoms with van der Waals surface area (Å²) >= 11 is 0. The molecule has 0 aromatic heterocycles. The van der Waals surface area contributed by atoms with Gasteiger partial charge in [0.1, 0.15) is 5.82 Å². The number of aliphatic carboxylic acids is 1. The lowest BCUT2D eigenvalue weighted by atomic mass is 9.79. The van der Waals surface area contributed by atoms with Crippen molar-refractivity contribution in [2.75, 3.05) is 0 Å². The second-order valence-corrected chi connectivity index (χ2v) is 5.86. The number of carboxylic acids is 1. The zero-order valence-corrected chi connectivity index (χ0v) is 11.9. The smallest absolute Gasteiger partial charge is 0.303 e. The largest absolute Gasteiger partial charge is 0.481 e. The van der Waals surface area contributed by atoms with Crippen molar-refractivity contribution in [3.63, 3.8) is 0 Å². The van der Waals surface area contributed by atoms with Gasteiger partial charge < -0.3 is 10.4 Å². The fraction of sp³-hybridized carbons (Fsp3) is 0.500. The van der Waals surface area contributed by atoms with E-state index in [4.69, 9.17) is 5.11 Å². The first kappa shape index (κ1) is 15.5. The van der Waals surface area contributed by atoms with E-state index >= 15 is 0 Å². The first-order valence-electron chi connectivity index (χ1n) is 7.22. The van der Waals surface area contributed by atoms with E-state index in [0.29, 0.717) is 6.54 Å². The van der Waals surface area contributed by atoms with Gasteiger partial charge in [-0.25, -0.2) is 4.39 Å². The van der Waals surface area contributed by atoms with Gasteiger partial charge in [0.2, 0.25) is 5.91 Å². The van der Waals surface area contributed by atoms with Crippen LogP contribution in [0.2, 0.25) is 0 Å². The Morgan fingerprint density at radius 2 is 1.76 bits per heavy atom. The maximum Gasteiger partial charge on any atom is 0.303 e. The third-order valence-corrected chi connectivity index (χ3v) is 4.13. The molecule has 1 amide bonds. The average Bonchev–Trinajstić information content (AvgIpc) is 2.85. The number of halogens is 1. The van der Waals surface area contributed by atoms with Gasteiger partial charge in [0.15, 0.2) is 0 Å². The SMILES string of the molecule is O=C(O)CC1(CC(=O)NCc2ccc(F)cc2)CCCC1. The molecule has 0 bridgehead atoms. The summed E-state index contributed by atoms with van der Waals surface area (Å²) in [6.07, 6.45) is 3.86. The van der Waals surface area contributed by atoms with Crippen LogP contribution in [0.4, 0.5) is 4.39 Å². The summed E-state index contributed by atoms with van der Waals surface area (Å²) in [7, 11) is 0. The highest BCUT2D eigenvalue weighted by atomic mass is 19.1. The van der Waals surface area contributed by atoms with E-state index in [1.807, 2.05) is 0 Å². The summed E-state index contributed by atoms with van der Waals surface area (Å²) in [5.74, 6) is -1.29. The van der Waals surface area contributed by atoms with Gasteiger partial charge in [-0.3, -0.25) is 9.59 Å². The summed E-state index contributed by atoms with van der Waals surface area (Å²) in [5.41, 5.74) is 0.432. The van der Waals surface area contributed by atoms with Gasteiger partial charge in [-0.15, -0.1) is 0 Å². The Bertz CT molecular complexity index is 507. The Morgan fingerprint density at radius 3 is 2.33 bits per heavy atom. The third kappa shape index (κ3) is 4.55. The van der Waals surface area contributed by atoms with Crippen LogP contribution in [0.3, 0.4) is 0 Å². The quantitative estimate of drug-likeness (QED) is 0.847. The van der Waals surface area contributed by atoms with Crippen LogP contribution >= 0.6 is 0 Å². The van der Waals surface area contributed by atoms with E-state index in [1.165, 1.54) is 12.1 Å². The zero-order valence-electron chi connectivity index (χ0n) is 11.9. The predicted molar refractivity (Wildman–Crippen MR) is 76.0 cm³/mol. The lowest BCUT2D eigenvalue weighted by Crippen LogP contribution is -2.31. The molecule has 1 fully saturated rings. The number of nitrogens with one attached hydrogen (secondary N) is 1. The Labute approximate surface area is 123 Å². The molecule has 1 saturated carbocycles. The highest BCUT2D eigenvalue weighted by Crippen LogP contribution is 2.43.